The van der Waals surface area contributed by atoms with Crippen LogP contribution in [0.3, 0.4) is 0 Å². The first-order valence-corrected chi connectivity index (χ1v) is 8.55. The number of sulfone groups is 1. The van der Waals surface area contributed by atoms with Crippen LogP contribution in [0.15, 0.2) is 24.3 Å². The molecule has 0 spiro atoms. The molecule has 0 aliphatic rings. The van der Waals surface area contributed by atoms with Gasteiger partial charge < -0.3 is 5.32 Å². The van der Waals surface area contributed by atoms with Gasteiger partial charge in [-0.25, -0.2) is 8.42 Å². The number of carbonyl (C=O) groups excluding carboxylic acids is 1. The largest absolute Gasteiger partial charge is 0.355 e. The Morgan fingerprint density at radius 3 is 2.25 bits per heavy atom. The van der Waals surface area contributed by atoms with E-state index in [1.165, 1.54) is 6.92 Å². The van der Waals surface area contributed by atoms with Crippen molar-refractivity contribution in [1.29, 1.82) is 0 Å². The van der Waals surface area contributed by atoms with Crippen molar-refractivity contribution in [2.24, 2.45) is 5.92 Å². The van der Waals surface area contributed by atoms with E-state index in [1.54, 1.807) is 24.3 Å². The lowest BCUT2D eigenvalue weighted by Crippen LogP contribution is -2.39. The molecule has 0 bridgehead atoms. The summed E-state index contributed by atoms with van der Waals surface area (Å²) in [5, 5.41) is 2.14. The highest BCUT2D eigenvalue weighted by atomic mass is 35.5. The zero-order valence-corrected chi connectivity index (χ0v) is 13.5. The molecule has 1 amide bonds. The van der Waals surface area contributed by atoms with Gasteiger partial charge in [0.25, 0.3) is 0 Å². The maximum Gasteiger partial charge on any atom is 0.238 e. The number of hydrogen-bond donors (Lipinski definition) is 1. The molecule has 0 radical (unpaired) electrons. The molecular weight excluding hydrogens is 298 g/mol. The second-order valence-corrected chi connectivity index (χ2v) is 7.97. The molecule has 4 nitrogen and oxygen atoms in total. The SMILES string of the molecule is CC(C)CNC(=O)C(C)S(=O)(=O)Cc1ccc(Cl)cc1. The number of rotatable bonds is 6. The first kappa shape index (κ1) is 17.0. The van der Waals surface area contributed by atoms with Gasteiger partial charge >= 0.3 is 0 Å². The molecule has 0 fully saturated rings. The van der Waals surface area contributed by atoms with Crippen molar-refractivity contribution in [1.82, 2.24) is 5.32 Å². The van der Waals surface area contributed by atoms with Crippen LogP contribution in [0.25, 0.3) is 0 Å². The van der Waals surface area contributed by atoms with Crippen molar-refractivity contribution in [3.8, 4) is 0 Å². The standard InChI is InChI=1S/C14H20ClNO3S/c1-10(2)8-16-14(17)11(3)20(18,19)9-12-4-6-13(15)7-5-12/h4-7,10-11H,8-9H2,1-3H3,(H,16,17). The highest BCUT2D eigenvalue weighted by Gasteiger charge is 2.27. The summed E-state index contributed by atoms with van der Waals surface area (Å²) in [6, 6.07) is 6.57. The maximum atomic E-state index is 12.2. The fourth-order valence-electron chi connectivity index (χ4n) is 1.55. The number of halogens is 1. The van der Waals surface area contributed by atoms with Crippen molar-refractivity contribution < 1.29 is 13.2 Å². The summed E-state index contributed by atoms with van der Waals surface area (Å²) in [6.07, 6.45) is 0. The third-order valence-corrected chi connectivity index (χ3v) is 5.15. The van der Waals surface area contributed by atoms with Crippen LogP contribution in [0.5, 0.6) is 0 Å². The molecule has 1 rings (SSSR count). The molecule has 0 heterocycles. The third-order valence-electron chi connectivity index (χ3n) is 2.87. The van der Waals surface area contributed by atoms with Gasteiger partial charge in [-0.15, -0.1) is 0 Å². The Morgan fingerprint density at radius 2 is 1.75 bits per heavy atom. The van der Waals surface area contributed by atoms with Crippen LogP contribution >= 0.6 is 11.6 Å². The highest BCUT2D eigenvalue weighted by molar-refractivity contribution is 7.92. The van der Waals surface area contributed by atoms with E-state index in [0.717, 1.165) is 0 Å². The lowest BCUT2D eigenvalue weighted by molar-refractivity contribution is -0.120. The first-order chi connectivity index (χ1) is 9.22. The number of nitrogens with one attached hydrogen (secondary N) is 1. The van der Waals surface area contributed by atoms with Gasteiger partial charge in [0.15, 0.2) is 9.84 Å². The Bertz CT molecular complexity index is 552. The number of carbonyl (C=O) groups is 1. The lowest BCUT2D eigenvalue weighted by atomic mass is 10.2. The normalized spacial score (nSPS) is 13.2. The minimum Gasteiger partial charge on any atom is -0.355 e. The van der Waals surface area contributed by atoms with Gasteiger partial charge in [0, 0.05) is 11.6 Å². The van der Waals surface area contributed by atoms with Crippen LogP contribution in [0.4, 0.5) is 0 Å². The Morgan fingerprint density at radius 1 is 1.20 bits per heavy atom. The molecular formula is C14H20ClNO3S. The van der Waals surface area contributed by atoms with E-state index in [4.69, 9.17) is 11.6 Å². The number of hydrogen-bond acceptors (Lipinski definition) is 3. The van der Waals surface area contributed by atoms with E-state index in [9.17, 15) is 13.2 Å². The van der Waals surface area contributed by atoms with Crippen molar-refractivity contribution in [3.63, 3.8) is 0 Å². The highest BCUT2D eigenvalue weighted by Crippen LogP contribution is 2.15. The number of benzene rings is 1. The molecule has 0 aliphatic heterocycles. The molecule has 1 aromatic rings. The van der Waals surface area contributed by atoms with Crippen molar-refractivity contribution in [3.05, 3.63) is 34.9 Å². The molecule has 0 aromatic heterocycles. The summed E-state index contributed by atoms with van der Waals surface area (Å²) < 4.78 is 24.4. The Balaban J connectivity index is 2.72. The summed E-state index contributed by atoms with van der Waals surface area (Å²) in [5.41, 5.74) is 0.623. The molecule has 0 saturated heterocycles. The second-order valence-electron chi connectivity index (χ2n) is 5.21. The summed E-state index contributed by atoms with van der Waals surface area (Å²) >= 11 is 5.75. The molecule has 1 N–H and O–H groups in total. The molecule has 112 valence electrons. The number of amides is 1. The third kappa shape index (κ3) is 5.13. The Labute approximate surface area is 125 Å². The van der Waals surface area contributed by atoms with E-state index >= 15 is 0 Å². The van der Waals surface area contributed by atoms with Crippen LogP contribution < -0.4 is 5.32 Å². The van der Waals surface area contributed by atoms with E-state index in [2.05, 4.69) is 5.32 Å². The van der Waals surface area contributed by atoms with E-state index in [-0.39, 0.29) is 11.7 Å². The second kappa shape index (κ2) is 7.09. The summed E-state index contributed by atoms with van der Waals surface area (Å²) in [6.45, 7) is 5.79. The van der Waals surface area contributed by atoms with Gasteiger partial charge in [0.05, 0.1) is 5.75 Å². The monoisotopic (exact) mass is 317 g/mol. The molecule has 1 unspecified atom stereocenters. The zero-order valence-electron chi connectivity index (χ0n) is 11.9. The fraction of sp³-hybridized carbons (Fsp3) is 0.500. The van der Waals surface area contributed by atoms with Gasteiger partial charge in [-0.1, -0.05) is 37.6 Å². The molecule has 20 heavy (non-hydrogen) atoms. The van der Waals surface area contributed by atoms with Gasteiger partial charge in [-0.2, -0.15) is 0 Å². The van der Waals surface area contributed by atoms with Gasteiger partial charge in [0.2, 0.25) is 5.91 Å². The van der Waals surface area contributed by atoms with Crippen LogP contribution in [0.2, 0.25) is 5.02 Å². The molecule has 0 saturated carbocycles. The van der Waals surface area contributed by atoms with Crippen LogP contribution in [0.1, 0.15) is 26.3 Å². The predicted molar refractivity (Wildman–Crippen MR) is 81.4 cm³/mol. The van der Waals surface area contributed by atoms with Crippen molar-refractivity contribution >= 4 is 27.3 Å². The Kier molecular flexibility index (Phi) is 6.02. The zero-order chi connectivity index (χ0) is 15.3. The summed E-state index contributed by atoms with van der Waals surface area (Å²) in [4.78, 5) is 11.8. The average Bonchev–Trinajstić information content (AvgIpc) is 2.37. The predicted octanol–water partition coefficient (Wildman–Crippen LogP) is 2.42. The van der Waals surface area contributed by atoms with Crippen LogP contribution in [-0.4, -0.2) is 26.1 Å². The summed E-state index contributed by atoms with van der Waals surface area (Å²) in [5.74, 6) is -0.335. The quantitative estimate of drug-likeness (QED) is 0.876. The maximum absolute atomic E-state index is 12.2. The lowest BCUT2D eigenvalue weighted by Gasteiger charge is -2.14. The van der Waals surface area contributed by atoms with Crippen molar-refractivity contribution in [2.45, 2.75) is 31.8 Å². The van der Waals surface area contributed by atoms with Gasteiger partial charge in [-0.3, -0.25) is 4.79 Å². The van der Waals surface area contributed by atoms with Gasteiger partial charge in [0.1, 0.15) is 5.25 Å². The molecule has 0 aliphatic carbocycles. The topological polar surface area (TPSA) is 63.2 Å². The molecule has 1 atom stereocenters. The van der Waals surface area contributed by atoms with Gasteiger partial charge in [-0.05, 0) is 30.5 Å². The fourth-order valence-corrected chi connectivity index (χ4v) is 2.99. The van der Waals surface area contributed by atoms with Crippen LogP contribution in [0, 0.1) is 5.92 Å². The van der Waals surface area contributed by atoms with E-state index in [0.29, 0.717) is 17.1 Å². The smallest absolute Gasteiger partial charge is 0.238 e. The average molecular weight is 318 g/mol. The molecule has 6 heteroatoms. The Hall–Kier alpha value is -1.07. The van der Waals surface area contributed by atoms with E-state index in [1.807, 2.05) is 13.8 Å². The minimum atomic E-state index is -3.53. The van der Waals surface area contributed by atoms with Crippen LogP contribution in [-0.2, 0) is 20.4 Å². The molecule has 1 aromatic carbocycles. The van der Waals surface area contributed by atoms with E-state index < -0.39 is 21.0 Å². The first-order valence-electron chi connectivity index (χ1n) is 6.46. The summed E-state index contributed by atoms with van der Waals surface area (Å²) in [7, 11) is -3.53. The van der Waals surface area contributed by atoms with Crippen molar-refractivity contribution in [2.75, 3.05) is 6.54 Å². The minimum absolute atomic E-state index is 0.166.